The first-order valence-corrected chi connectivity index (χ1v) is 4.17. The number of halogens is 2. The van der Waals surface area contributed by atoms with Crippen LogP contribution in [0.25, 0.3) is 0 Å². The van der Waals surface area contributed by atoms with E-state index in [4.69, 9.17) is 5.11 Å². The van der Waals surface area contributed by atoms with Crippen LogP contribution in [0.5, 0.6) is 0 Å². The topological polar surface area (TPSA) is 79.5 Å². The summed E-state index contributed by atoms with van der Waals surface area (Å²) < 4.78 is 28.8. The zero-order valence-corrected chi connectivity index (χ0v) is 7.43. The van der Waals surface area contributed by atoms with Gasteiger partial charge in [-0.05, 0) is 0 Å². The molecule has 1 amide bonds. The highest BCUT2D eigenvalue weighted by molar-refractivity contribution is 5.66. The molecule has 0 atom stereocenters. The number of likely N-dealkylation sites (tertiary alicyclic amines) is 1. The summed E-state index contributed by atoms with van der Waals surface area (Å²) in [4.78, 5) is 11.5. The standard InChI is InChI=1S/C7H7F2N3O3/c8-4(9)6-11-10-5(15-6)3-1-12(2-3)7(13)14/h3-4H,1-2H2,(H,13,14). The Bertz CT molecular complexity index is 375. The third-order valence-electron chi connectivity index (χ3n) is 2.14. The van der Waals surface area contributed by atoms with Crippen molar-refractivity contribution in [3.8, 4) is 0 Å². The fourth-order valence-electron chi connectivity index (χ4n) is 1.29. The molecule has 2 heterocycles. The summed E-state index contributed by atoms with van der Waals surface area (Å²) in [6.07, 6.45) is -3.83. The number of carbonyl (C=O) groups is 1. The molecule has 8 heteroatoms. The molecule has 1 fully saturated rings. The molecule has 0 aromatic carbocycles. The molecule has 2 rings (SSSR count). The van der Waals surface area contributed by atoms with Gasteiger partial charge in [0.2, 0.25) is 5.89 Å². The Morgan fingerprint density at radius 2 is 2.20 bits per heavy atom. The number of alkyl halides is 2. The lowest BCUT2D eigenvalue weighted by Gasteiger charge is -2.34. The number of amides is 1. The molecule has 6 nitrogen and oxygen atoms in total. The van der Waals surface area contributed by atoms with Crippen molar-refractivity contribution in [1.29, 1.82) is 0 Å². The molecule has 0 aliphatic carbocycles. The fourth-order valence-corrected chi connectivity index (χ4v) is 1.29. The smallest absolute Gasteiger partial charge is 0.407 e. The van der Waals surface area contributed by atoms with Crippen LogP contribution >= 0.6 is 0 Å². The van der Waals surface area contributed by atoms with Crippen molar-refractivity contribution in [2.24, 2.45) is 0 Å². The zero-order valence-electron chi connectivity index (χ0n) is 7.43. The van der Waals surface area contributed by atoms with Crippen LogP contribution in [0, 0.1) is 0 Å². The van der Waals surface area contributed by atoms with Crippen molar-refractivity contribution in [2.45, 2.75) is 12.3 Å². The van der Waals surface area contributed by atoms with E-state index in [1.165, 1.54) is 0 Å². The molecule has 15 heavy (non-hydrogen) atoms. The maximum absolute atomic E-state index is 12.1. The average Bonchev–Trinajstić information content (AvgIpc) is 2.49. The van der Waals surface area contributed by atoms with E-state index in [0.29, 0.717) is 0 Å². The molecule has 1 N–H and O–H groups in total. The lowest BCUT2D eigenvalue weighted by molar-refractivity contribution is 0.0893. The third kappa shape index (κ3) is 1.74. The summed E-state index contributed by atoms with van der Waals surface area (Å²) in [5.41, 5.74) is 0. The van der Waals surface area contributed by atoms with Crippen molar-refractivity contribution >= 4 is 6.09 Å². The van der Waals surface area contributed by atoms with E-state index in [2.05, 4.69) is 14.6 Å². The van der Waals surface area contributed by atoms with Gasteiger partial charge in [-0.1, -0.05) is 0 Å². The summed E-state index contributed by atoms with van der Waals surface area (Å²) in [6, 6.07) is 0. The largest absolute Gasteiger partial charge is 0.465 e. The van der Waals surface area contributed by atoms with E-state index in [1.54, 1.807) is 0 Å². The van der Waals surface area contributed by atoms with Gasteiger partial charge in [-0.15, -0.1) is 10.2 Å². The Morgan fingerprint density at radius 3 is 2.67 bits per heavy atom. The monoisotopic (exact) mass is 219 g/mol. The van der Waals surface area contributed by atoms with Gasteiger partial charge in [0.25, 0.3) is 5.89 Å². The molecule has 0 spiro atoms. The number of carboxylic acid groups (broad SMARTS) is 1. The van der Waals surface area contributed by atoms with E-state index in [1.807, 2.05) is 0 Å². The number of aromatic nitrogens is 2. The minimum Gasteiger partial charge on any atom is -0.465 e. The van der Waals surface area contributed by atoms with Crippen LogP contribution < -0.4 is 0 Å². The average molecular weight is 219 g/mol. The molecule has 0 bridgehead atoms. The number of rotatable bonds is 2. The molecule has 1 aromatic heterocycles. The molecule has 1 aromatic rings. The van der Waals surface area contributed by atoms with Crippen LogP contribution in [0.2, 0.25) is 0 Å². The molecule has 1 saturated heterocycles. The van der Waals surface area contributed by atoms with Crippen molar-refractivity contribution in [3.63, 3.8) is 0 Å². The Balaban J connectivity index is 1.98. The van der Waals surface area contributed by atoms with Crippen LogP contribution in [-0.4, -0.2) is 39.4 Å². The Morgan fingerprint density at radius 1 is 1.53 bits per heavy atom. The molecular formula is C7H7F2N3O3. The van der Waals surface area contributed by atoms with Crippen LogP contribution in [-0.2, 0) is 0 Å². The van der Waals surface area contributed by atoms with Crippen molar-refractivity contribution in [1.82, 2.24) is 15.1 Å². The van der Waals surface area contributed by atoms with E-state index in [9.17, 15) is 13.6 Å². The van der Waals surface area contributed by atoms with Gasteiger partial charge < -0.3 is 14.4 Å². The van der Waals surface area contributed by atoms with Crippen LogP contribution in [0.3, 0.4) is 0 Å². The summed E-state index contributed by atoms with van der Waals surface area (Å²) in [6.45, 7) is 0.417. The SMILES string of the molecule is O=C(O)N1CC(c2nnc(C(F)F)o2)C1. The van der Waals surface area contributed by atoms with E-state index >= 15 is 0 Å². The van der Waals surface area contributed by atoms with Crippen LogP contribution in [0.1, 0.15) is 24.1 Å². The van der Waals surface area contributed by atoms with E-state index in [-0.39, 0.29) is 24.9 Å². The van der Waals surface area contributed by atoms with E-state index < -0.39 is 18.4 Å². The van der Waals surface area contributed by atoms with Gasteiger partial charge in [0.05, 0.1) is 5.92 Å². The second-order valence-corrected chi connectivity index (χ2v) is 3.16. The first-order chi connectivity index (χ1) is 7.08. The van der Waals surface area contributed by atoms with Gasteiger partial charge >= 0.3 is 12.5 Å². The Labute approximate surface area is 82.5 Å². The normalized spacial score (nSPS) is 16.9. The van der Waals surface area contributed by atoms with Crippen LogP contribution in [0.4, 0.5) is 13.6 Å². The molecular weight excluding hydrogens is 212 g/mol. The highest BCUT2D eigenvalue weighted by Gasteiger charge is 2.35. The number of nitrogens with zero attached hydrogens (tertiary/aromatic N) is 3. The lowest BCUT2D eigenvalue weighted by Crippen LogP contribution is -2.47. The number of hydrogen-bond acceptors (Lipinski definition) is 4. The minimum atomic E-state index is -2.79. The highest BCUT2D eigenvalue weighted by Crippen LogP contribution is 2.27. The van der Waals surface area contributed by atoms with Crippen molar-refractivity contribution < 1.29 is 23.1 Å². The first-order valence-electron chi connectivity index (χ1n) is 4.17. The molecule has 0 radical (unpaired) electrons. The highest BCUT2D eigenvalue weighted by atomic mass is 19.3. The molecule has 1 aliphatic heterocycles. The predicted octanol–water partition coefficient (Wildman–Crippen LogP) is 1.08. The van der Waals surface area contributed by atoms with Crippen molar-refractivity contribution in [2.75, 3.05) is 13.1 Å². The lowest BCUT2D eigenvalue weighted by atomic mass is 10.0. The Hall–Kier alpha value is -1.73. The summed E-state index contributed by atoms with van der Waals surface area (Å²) >= 11 is 0. The second kappa shape index (κ2) is 3.44. The second-order valence-electron chi connectivity index (χ2n) is 3.16. The van der Waals surface area contributed by atoms with Gasteiger partial charge in [0, 0.05) is 13.1 Å². The summed E-state index contributed by atoms with van der Waals surface area (Å²) in [7, 11) is 0. The third-order valence-corrected chi connectivity index (χ3v) is 2.14. The van der Waals surface area contributed by atoms with Gasteiger partial charge in [0.15, 0.2) is 0 Å². The van der Waals surface area contributed by atoms with Gasteiger partial charge in [-0.2, -0.15) is 8.78 Å². The van der Waals surface area contributed by atoms with Gasteiger partial charge in [-0.25, -0.2) is 4.79 Å². The van der Waals surface area contributed by atoms with Gasteiger partial charge in [0.1, 0.15) is 0 Å². The quantitative estimate of drug-likeness (QED) is 0.805. The summed E-state index contributed by atoms with van der Waals surface area (Å²) in [5, 5.41) is 15.1. The minimum absolute atomic E-state index is 0.0720. The zero-order chi connectivity index (χ0) is 11.0. The fraction of sp³-hybridized carbons (Fsp3) is 0.571. The first kappa shape index (κ1) is 9.81. The number of hydrogen-bond donors (Lipinski definition) is 1. The molecule has 1 aliphatic rings. The molecule has 82 valence electrons. The molecule has 0 saturated carbocycles. The van der Waals surface area contributed by atoms with Gasteiger partial charge in [-0.3, -0.25) is 0 Å². The maximum atomic E-state index is 12.1. The van der Waals surface area contributed by atoms with E-state index in [0.717, 1.165) is 4.90 Å². The van der Waals surface area contributed by atoms with Crippen LogP contribution in [0.15, 0.2) is 4.42 Å². The Kier molecular flexibility index (Phi) is 2.25. The maximum Gasteiger partial charge on any atom is 0.407 e. The van der Waals surface area contributed by atoms with Crippen molar-refractivity contribution in [3.05, 3.63) is 11.8 Å². The molecule has 0 unspecified atom stereocenters. The predicted molar refractivity (Wildman–Crippen MR) is 41.6 cm³/mol. The summed E-state index contributed by atoms with van der Waals surface area (Å²) in [5.74, 6) is -0.914.